The van der Waals surface area contributed by atoms with Crippen LogP contribution in [-0.4, -0.2) is 23.1 Å². The highest BCUT2D eigenvalue weighted by Crippen LogP contribution is 2.18. The Hall–Kier alpha value is -0.800. The summed E-state index contributed by atoms with van der Waals surface area (Å²) in [5.41, 5.74) is 1.18. The van der Waals surface area contributed by atoms with E-state index in [9.17, 15) is 0 Å². The van der Waals surface area contributed by atoms with Crippen LogP contribution in [0.25, 0.3) is 0 Å². The Kier molecular flexibility index (Phi) is 5.46. The van der Waals surface area contributed by atoms with Gasteiger partial charge in [-0.2, -0.15) is 0 Å². The Morgan fingerprint density at radius 3 is 2.79 bits per heavy atom. The monoisotopic (exact) mass is 296 g/mol. The number of nitrogens with zero attached hydrogens (tertiary/aromatic N) is 1. The lowest BCUT2D eigenvalue weighted by atomic mass is 9.96. The van der Waals surface area contributed by atoms with Crippen molar-refractivity contribution in [2.45, 2.75) is 44.7 Å². The van der Waals surface area contributed by atoms with Crippen molar-refractivity contribution in [2.75, 3.05) is 7.05 Å². The summed E-state index contributed by atoms with van der Waals surface area (Å²) < 4.78 is 0. The first-order valence-electron chi connectivity index (χ1n) is 6.91. The number of hydrogen-bond donors (Lipinski definition) is 1. The standard InChI is InChI=1S/C15H21ClN2S/c1-18(11-12-6-5-7-13(16)10-12)15(19)17-14-8-3-2-4-9-14/h5-7,10,14H,2-4,8-9,11H2,1H3,(H,17,19). The van der Waals surface area contributed by atoms with Gasteiger partial charge in [-0.3, -0.25) is 0 Å². The van der Waals surface area contributed by atoms with E-state index < -0.39 is 0 Å². The molecule has 1 fully saturated rings. The number of rotatable bonds is 3. The third-order valence-corrected chi connectivity index (χ3v) is 4.25. The number of thiocarbonyl (C=S) groups is 1. The molecule has 0 radical (unpaired) electrons. The second-order valence-electron chi connectivity index (χ2n) is 5.27. The Morgan fingerprint density at radius 2 is 2.11 bits per heavy atom. The maximum atomic E-state index is 6.00. The molecule has 0 aliphatic heterocycles. The zero-order chi connectivity index (χ0) is 13.7. The van der Waals surface area contributed by atoms with Gasteiger partial charge in [0.25, 0.3) is 0 Å². The lowest BCUT2D eigenvalue weighted by molar-refractivity contribution is 0.392. The predicted octanol–water partition coefficient (Wildman–Crippen LogP) is 3.98. The van der Waals surface area contributed by atoms with Crippen LogP contribution in [-0.2, 0) is 6.54 Å². The van der Waals surface area contributed by atoms with Gasteiger partial charge in [-0.15, -0.1) is 0 Å². The highest BCUT2D eigenvalue weighted by atomic mass is 35.5. The fourth-order valence-electron chi connectivity index (χ4n) is 2.51. The molecule has 0 bridgehead atoms. The van der Waals surface area contributed by atoms with Crippen LogP contribution in [0.15, 0.2) is 24.3 Å². The summed E-state index contributed by atoms with van der Waals surface area (Å²) in [5, 5.41) is 5.09. The van der Waals surface area contributed by atoms with Crippen molar-refractivity contribution >= 4 is 28.9 Å². The molecule has 104 valence electrons. The SMILES string of the molecule is CN(Cc1cccc(Cl)c1)C(=S)NC1CCCCC1. The third-order valence-electron chi connectivity index (χ3n) is 3.59. The second kappa shape index (κ2) is 7.11. The lowest BCUT2D eigenvalue weighted by Crippen LogP contribution is -2.43. The van der Waals surface area contributed by atoms with Crippen molar-refractivity contribution in [3.63, 3.8) is 0 Å². The molecule has 2 nitrogen and oxygen atoms in total. The van der Waals surface area contributed by atoms with Crippen molar-refractivity contribution in [2.24, 2.45) is 0 Å². The highest BCUT2D eigenvalue weighted by Gasteiger charge is 2.15. The molecule has 4 heteroatoms. The molecule has 1 aromatic rings. The van der Waals surface area contributed by atoms with Gasteiger partial charge < -0.3 is 10.2 Å². The maximum Gasteiger partial charge on any atom is 0.169 e. The first kappa shape index (κ1) is 14.6. The first-order chi connectivity index (χ1) is 9.15. The van der Waals surface area contributed by atoms with Crippen molar-refractivity contribution in [3.05, 3.63) is 34.9 Å². The van der Waals surface area contributed by atoms with Crippen LogP contribution in [0.3, 0.4) is 0 Å². The summed E-state index contributed by atoms with van der Waals surface area (Å²) in [7, 11) is 2.03. The van der Waals surface area contributed by atoms with Gasteiger partial charge in [0.05, 0.1) is 0 Å². The smallest absolute Gasteiger partial charge is 0.169 e. The molecule has 0 spiro atoms. The Bertz CT molecular complexity index is 430. The molecule has 1 aromatic carbocycles. The van der Waals surface area contributed by atoms with Crippen LogP contribution in [0.5, 0.6) is 0 Å². The van der Waals surface area contributed by atoms with E-state index >= 15 is 0 Å². The molecule has 1 aliphatic carbocycles. The first-order valence-corrected chi connectivity index (χ1v) is 7.70. The maximum absolute atomic E-state index is 6.00. The van der Waals surface area contributed by atoms with E-state index in [-0.39, 0.29) is 0 Å². The van der Waals surface area contributed by atoms with Crippen LogP contribution < -0.4 is 5.32 Å². The Morgan fingerprint density at radius 1 is 1.37 bits per heavy atom. The molecule has 0 amide bonds. The molecule has 0 aromatic heterocycles. The Labute approximate surface area is 126 Å². The molecule has 0 unspecified atom stereocenters. The number of nitrogens with one attached hydrogen (secondary N) is 1. The summed E-state index contributed by atoms with van der Waals surface area (Å²) >= 11 is 11.5. The molecule has 2 rings (SSSR count). The molecular weight excluding hydrogens is 276 g/mol. The molecule has 1 aliphatic rings. The normalized spacial score (nSPS) is 16.1. The lowest BCUT2D eigenvalue weighted by Gasteiger charge is -2.28. The van der Waals surface area contributed by atoms with Crippen molar-refractivity contribution in [1.29, 1.82) is 0 Å². The second-order valence-corrected chi connectivity index (χ2v) is 6.09. The molecule has 1 N–H and O–H groups in total. The number of hydrogen-bond acceptors (Lipinski definition) is 1. The van der Waals surface area contributed by atoms with E-state index in [2.05, 4.69) is 16.3 Å². The third kappa shape index (κ3) is 4.66. The van der Waals surface area contributed by atoms with Crippen LogP contribution in [0, 0.1) is 0 Å². The van der Waals surface area contributed by atoms with Crippen LogP contribution in [0.1, 0.15) is 37.7 Å². The Balaban J connectivity index is 1.84. The van der Waals surface area contributed by atoms with E-state index in [0.29, 0.717) is 6.04 Å². The fraction of sp³-hybridized carbons (Fsp3) is 0.533. The van der Waals surface area contributed by atoms with Gasteiger partial charge in [0.15, 0.2) is 5.11 Å². The predicted molar refractivity (Wildman–Crippen MR) is 85.5 cm³/mol. The summed E-state index contributed by atoms with van der Waals surface area (Å²) in [4.78, 5) is 2.08. The average molecular weight is 297 g/mol. The summed E-state index contributed by atoms with van der Waals surface area (Å²) in [5.74, 6) is 0. The summed E-state index contributed by atoms with van der Waals surface area (Å²) in [6.07, 6.45) is 6.48. The fourth-order valence-corrected chi connectivity index (χ4v) is 2.96. The minimum absolute atomic E-state index is 0.558. The van der Waals surface area contributed by atoms with Gasteiger partial charge in [-0.25, -0.2) is 0 Å². The van der Waals surface area contributed by atoms with Crippen LogP contribution >= 0.6 is 23.8 Å². The topological polar surface area (TPSA) is 15.3 Å². The van der Waals surface area contributed by atoms with Gasteiger partial charge >= 0.3 is 0 Å². The van der Waals surface area contributed by atoms with E-state index in [1.807, 2.05) is 25.2 Å². The minimum atomic E-state index is 0.558. The molecule has 0 saturated heterocycles. The highest BCUT2D eigenvalue weighted by molar-refractivity contribution is 7.80. The molecular formula is C15H21ClN2S. The quantitative estimate of drug-likeness (QED) is 0.850. The average Bonchev–Trinajstić information content (AvgIpc) is 2.40. The van der Waals surface area contributed by atoms with E-state index in [0.717, 1.165) is 16.7 Å². The molecule has 0 heterocycles. The van der Waals surface area contributed by atoms with Crippen LogP contribution in [0.4, 0.5) is 0 Å². The van der Waals surface area contributed by atoms with Crippen molar-refractivity contribution < 1.29 is 0 Å². The van der Waals surface area contributed by atoms with Gasteiger partial charge in [0.2, 0.25) is 0 Å². The van der Waals surface area contributed by atoms with Gasteiger partial charge in [0, 0.05) is 24.7 Å². The minimum Gasteiger partial charge on any atom is -0.360 e. The summed E-state index contributed by atoms with van der Waals surface area (Å²) in [6, 6.07) is 8.49. The van der Waals surface area contributed by atoms with Gasteiger partial charge in [-0.1, -0.05) is 43.0 Å². The van der Waals surface area contributed by atoms with Gasteiger partial charge in [0.1, 0.15) is 0 Å². The zero-order valence-corrected chi connectivity index (χ0v) is 12.9. The van der Waals surface area contributed by atoms with E-state index in [4.69, 9.17) is 23.8 Å². The molecule has 0 atom stereocenters. The van der Waals surface area contributed by atoms with Crippen LogP contribution in [0.2, 0.25) is 5.02 Å². The van der Waals surface area contributed by atoms with E-state index in [1.165, 1.54) is 37.7 Å². The number of benzene rings is 1. The largest absolute Gasteiger partial charge is 0.360 e. The van der Waals surface area contributed by atoms with Crippen molar-refractivity contribution in [3.8, 4) is 0 Å². The summed E-state index contributed by atoms with van der Waals surface area (Å²) in [6.45, 7) is 0.791. The van der Waals surface area contributed by atoms with E-state index in [1.54, 1.807) is 0 Å². The van der Waals surface area contributed by atoms with Gasteiger partial charge in [-0.05, 0) is 42.8 Å². The molecule has 19 heavy (non-hydrogen) atoms. The zero-order valence-electron chi connectivity index (χ0n) is 11.4. The molecule has 1 saturated carbocycles. The number of halogens is 1. The van der Waals surface area contributed by atoms with Crippen molar-refractivity contribution in [1.82, 2.24) is 10.2 Å².